The fourth-order valence-electron chi connectivity index (χ4n) is 6.50. The van der Waals surface area contributed by atoms with Gasteiger partial charge in [-0.05, 0) is 69.6 Å². The molecule has 2 aromatic rings. The molecule has 1 amide bonds. The minimum Gasteiger partial charge on any atom is -0.341 e. The molecule has 6 rings (SSSR count). The van der Waals surface area contributed by atoms with Crippen LogP contribution in [0, 0.1) is 5.41 Å². The number of aromatic nitrogens is 4. The maximum Gasteiger partial charge on any atom is 0.245 e. The lowest BCUT2D eigenvalue weighted by atomic mass is 9.90. The van der Waals surface area contributed by atoms with Gasteiger partial charge in [0.25, 0.3) is 0 Å². The van der Waals surface area contributed by atoms with Crippen molar-refractivity contribution in [3.63, 3.8) is 0 Å². The van der Waals surface area contributed by atoms with Crippen LogP contribution in [0.25, 0.3) is 0 Å². The lowest BCUT2D eigenvalue weighted by Crippen LogP contribution is -2.45. The quantitative estimate of drug-likeness (QED) is 0.687. The molecule has 1 saturated carbocycles. The molecule has 3 fully saturated rings. The predicted molar refractivity (Wildman–Crippen MR) is 132 cm³/mol. The van der Waals surface area contributed by atoms with Crippen molar-refractivity contribution in [3.8, 4) is 0 Å². The highest BCUT2D eigenvalue weighted by Gasteiger charge is 2.37. The zero-order chi connectivity index (χ0) is 23.3. The second-order valence-corrected chi connectivity index (χ2v) is 11.5. The number of H-pyrrole nitrogens is 1. The van der Waals surface area contributed by atoms with E-state index in [0.29, 0.717) is 17.3 Å². The van der Waals surface area contributed by atoms with Gasteiger partial charge in [0.15, 0.2) is 5.82 Å². The minimum atomic E-state index is -0.131. The summed E-state index contributed by atoms with van der Waals surface area (Å²) in [7, 11) is 0. The molecular formula is C26H37N7O. The molecule has 2 aliphatic carbocycles. The summed E-state index contributed by atoms with van der Waals surface area (Å²) in [5.74, 6) is 3.19. The average Bonchev–Trinajstić information content (AvgIpc) is 3.63. The van der Waals surface area contributed by atoms with E-state index in [1.165, 1.54) is 30.5 Å². The lowest BCUT2D eigenvalue weighted by Gasteiger charge is -2.28. The average molecular weight is 464 g/mol. The molecule has 0 spiro atoms. The molecular weight excluding hydrogens is 426 g/mol. The fourth-order valence-corrected chi connectivity index (χ4v) is 6.50. The summed E-state index contributed by atoms with van der Waals surface area (Å²) in [6.07, 6.45) is 10.9. The molecule has 4 heterocycles. The Hall–Kier alpha value is -2.64. The summed E-state index contributed by atoms with van der Waals surface area (Å²) in [5.41, 5.74) is 3.96. The van der Waals surface area contributed by atoms with E-state index in [2.05, 4.69) is 40.3 Å². The number of fused-ring (bicyclic) bond motifs is 1. The normalized spacial score (nSPS) is 25.8. The molecule has 0 unspecified atom stereocenters. The van der Waals surface area contributed by atoms with Crippen molar-refractivity contribution in [1.29, 1.82) is 0 Å². The van der Waals surface area contributed by atoms with Crippen molar-refractivity contribution < 1.29 is 4.79 Å². The van der Waals surface area contributed by atoms with Crippen LogP contribution in [-0.4, -0.2) is 56.6 Å². The largest absolute Gasteiger partial charge is 0.341 e. The Morgan fingerprint density at radius 1 is 1.09 bits per heavy atom. The molecule has 2 atom stereocenters. The Labute approximate surface area is 201 Å². The standard InChI is InChI=1S/C26H37N7O/c1-26(2)11-10-17(16-26)20-15-22(31-30-20)28-23-18-7-5-8-19(18)27-25(29-23)33-14-6-9-21(33)24(34)32-12-3-4-13-32/h15,17,21H,3-14,16H2,1-2H3,(H2,27,28,29,30,31)/t17-,21-/m0/s1. The van der Waals surface area contributed by atoms with Crippen LogP contribution in [-0.2, 0) is 17.6 Å². The number of rotatable bonds is 5. The van der Waals surface area contributed by atoms with Gasteiger partial charge >= 0.3 is 0 Å². The number of hydrogen-bond donors (Lipinski definition) is 2. The van der Waals surface area contributed by atoms with Crippen LogP contribution in [0.4, 0.5) is 17.6 Å². The first-order valence-electron chi connectivity index (χ1n) is 13.2. The first-order valence-corrected chi connectivity index (χ1v) is 13.2. The first kappa shape index (κ1) is 21.9. The SMILES string of the molecule is CC1(C)CC[C@H](c2cc(Nc3nc(N4CCC[C@H]4C(=O)N4CCCC4)nc4c3CCC4)n[nH]2)C1. The number of anilines is 3. The van der Waals surface area contributed by atoms with E-state index in [9.17, 15) is 4.79 Å². The Morgan fingerprint density at radius 3 is 2.74 bits per heavy atom. The summed E-state index contributed by atoms with van der Waals surface area (Å²) < 4.78 is 0. The molecule has 2 aromatic heterocycles. The molecule has 8 nitrogen and oxygen atoms in total. The van der Waals surface area contributed by atoms with E-state index < -0.39 is 0 Å². The number of carbonyl (C=O) groups excluding carboxylic acids is 1. The van der Waals surface area contributed by atoms with Crippen LogP contribution >= 0.6 is 0 Å². The monoisotopic (exact) mass is 463 g/mol. The van der Waals surface area contributed by atoms with Gasteiger partial charge in [-0.25, -0.2) is 4.98 Å². The smallest absolute Gasteiger partial charge is 0.245 e. The number of likely N-dealkylation sites (tertiary alicyclic amines) is 1. The number of aromatic amines is 1. The Morgan fingerprint density at radius 2 is 1.94 bits per heavy atom. The third-order valence-electron chi connectivity index (χ3n) is 8.39. The van der Waals surface area contributed by atoms with Gasteiger partial charge in [0.1, 0.15) is 11.9 Å². The zero-order valence-corrected chi connectivity index (χ0v) is 20.6. The maximum atomic E-state index is 13.2. The molecule has 2 aliphatic heterocycles. The Balaban J connectivity index is 1.25. The molecule has 0 bridgehead atoms. The predicted octanol–water partition coefficient (Wildman–Crippen LogP) is 4.32. The van der Waals surface area contributed by atoms with Crippen LogP contribution < -0.4 is 10.2 Å². The molecule has 34 heavy (non-hydrogen) atoms. The first-order chi connectivity index (χ1) is 16.5. The minimum absolute atomic E-state index is 0.131. The molecule has 182 valence electrons. The number of amides is 1. The van der Waals surface area contributed by atoms with E-state index >= 15 is 0 Å². The van der Waals surface area contributed by atoms with Crippen LogP contribution in [0.2, 0.25) is 0 Å². The lowest BCUT2D eigenvalue weighted by molar-refractivity contribution is -0.131. The highest BCUT2D eigenvalue weighted by Crippen LogP contribution is 2.45. The number of carbonyl (C=O) groups is 1. The van der Waals surface area contributed by atoms with Gasteiger partial charge in [0, 0.05) is 42.9 Å². The zero-order valence-electron chi connectivity index (χ0n) is 20.6. The number of hydrogen-bond acceptors (Lipinski definition) is 6. The van der Waals surface area contributed by atoms with Crippen molar-refractivity contribution in [2.24, 2.45) is 5.41 Å². The summed E-state index contributed by atoms with van der Waals surface area (Å²) in [6, 6.07) is 2.03. The number of nitrogens with zero attached hydrogens (tertiary/aromatic N) is 5. The number of nitrogens with one attached hydrogen (secondary N) is 2. The fraction of sp³-hybridized carbons (Fsp3) is 0.692. The van der Waals surface area contributed by atoms with E-state index in [-0.39, 0.29) is 11.9 Å². The van der Waals surface area contributed by atoms with Crippen molar-refractivity contribution in [2.45, 2.75) is 90.0 Å². The maximum absolute atomic E-state index is 13.2. The Kier molecular flexibility index (Phi) is 5.49. The summed E-state index contributed by atoms with van der Waals surface area (Å²) in [4.78, 5) is 27.3. The van der Waals surface area contributed by atoms with Gasteiger partial charge in [-0.1, -0.05) is 13.8 Å². The van der Waals surface area contributed by atoms with Crippen LogP contribution in [0.15, 0.2) is 6.07 Å². The van der Waals surface area contributed by atoms with Crippen molar-refractivity contribution in [3.05, 3.63) is 23.0 Å². The Bertz CT molecular complexity index is 1070. The third-order valence-corrected chi connectivity index (χ3v) is 8.39. The van der Waals surface area contributed by atoms with Crippen molar-refractivity contribution in [1.82, 2.24) is 25.1 Å². The summed E-state index contributed by atoms with van der Waals surface area (Å²) in [6.45, 7) is 7.33. The van der Waals surface area contributed by atoms with Crippen LogP contribution in [0.5, 0.6) is 0 Å². The molecule has 4 aliphatic rings. The van der Waals surface area contributed by atoms with Gasteiger partial charge in [-0.2, -0.15) is 10.1 Å². The van der Waals surface area contributed by atoms with Crippen LogP contribution in [0.1, 0.15) is 88.1 Å². The van der Waals surface area contributed by atoms with Gasteiger partial charge < -0.3 is 15.1 Å². The second kappa shape index (κ2) is 8.54. The number of aryl methyl sites for hydroxylation is 1. The van der Waals surface area contributed by atoms with E-state index in [0.717, 1.165) is 81.9 Å². The third kappa shape index (κ3) is 4.05. The molecule has 0 radical (unpaired) electrons. The molecule has 2 saturated heterocycles. The molecule has 8 heteroatoms. The van der Waals surface area contributed by atoms with Gasteiger partial charge in [0.05, 0.1) is 5.69 Å². The van der Waals surface area contributed by atoms with E-state index in [1.54, 1.807) is 0 Å². The highest BCUT2D eigenvalue weighted by molar-refractivity contribution is 5.85. The summed E-state index contributed by atoms with van der Waals surface area (Å²) in [5, 5.41) is 11.4. The van der Waals surface area contributed by atoms with E-state index in [4.69, 9.17) is 9.97 Å². The van der Waals surface area contributed by atoms with Crippen molar-refractivity contribution >= 4 is 23.5 Å². The van der Waals surface area contributed by atoms with Crippen molar-refractivity contribution in [2.75, 3.05) is 29.9 Å². The van der Waals surface area contributed by atoms with Gasteiger partial charge in [-0.3, -0.25) is 9.89 Å². The highest BCUT2D eigenvalue weighted by atomic mass is 16.2. The second-order valence-electron chi connectivity index (χ2n) is 11.5. The van der Waals surface area contributed by atoms with Gasteiger partial charge in [-0.15, -0.1) is 0 Å². The van der Waals surface area contributed by atoms with Crippen LogP contribution in [0.3, 0.4) is 0 Å². The van der Waals surface area contributed by atoms with Gasteiger partial charge in [0.2, 0.25) is 11.9 Å². The summed E-state index contributed by atoms with van der Waals surface area (Å²) >= 11 is 0. The topological polar surface area (TPSA) is 90.0 Å². The molecule has 2 N–H and O–H groups in total. The van der Waals surface area contributed by atoms with E-state index in [1.807, 2.05) is 4.90 Å². The molecule has 0 aromatic carbocycles.